The number of fused-ring (bicyclic) bond motifs is 3. The van der Waals surface area contributed by atoms with E-state index in [0.717, 1.165) is 28.1 Å². The van der Waals surface area contributed by atoms with E-state index in [1.54, 1.807) is 28.9 Å². The maximum atomic E-state index is 13.4. The molecule has 160 valence electrons. The summed E-state index contributed by atoms with van der Waals surface area (Å²) in [5.74, 6) is -2.86. The Labute approximate surface area is 195 Å². The largest absolute Gasteiger partial charge is 0.325 e. The first-order valence-corrected chi connectivity index (χ1v) is 10.7. The molecule has 0 fully saturated rings. The third-order valence-electron chi connectivity index (χ3n) is 5.62. The average Bonchev–Trinajstić information content (AvgIpc) is 3.39. The molecular formula is C26H17ClN4O2. The minimum Gasteiger partial charge on any atom is -0.325 e. The van der Waals surface area contributed by atoms with Crippen molar-refractivity contribution in [2.75, 3.05) is 5.32 Å². The molecule has 0 spiro atoms. The first-order valence-electron chi connectivity index (χ1n) is 10.3. The molecular weight excluding hydrogens is 436 g/mol. The van der Waals surface area contributed by atoms with Gasteiger partial charge in [0, 0.05) is 28.3 Å². The number of benzene rings is 3. The number of carbonyl (C=O) groups is 2. The van der Waals surface area contributed by atoms with E-state index < -0.39 is 17.6 Å². The van der Waals surface area contributed by atoms with Gasteiger partial charge < -0.3 is 5.32 Å². The van der Waals surface area contributed by atoms with Gasteiger partial charge in [-0.2, -0.15) is 10.4 Å². The molecule has 1 N–H and O–H groups in total. The molecule has 1 atom stereocenters. The number of para-hydroxylation sites is 1. The van der Waals surface area contributed by atoms with Crippen molar-refractivity contribution in [1.82, 2.24) is 9.78 Å². The van der Waals surface area contributed by atoms with Crippen LogP contribution in [0.3, 0.4) is 0 Å². The third kappa shape index (κ3) is 3.69. The first kappa shape index (κ1) is 20.7. The van der Waals surface area contributed by atoms with Crippen molar-refractivity contribution in [1.29, 1.82) is 5.26 Å². The average molecular weight is 453 g/mol. The molecule has 1 unspecified atom stereocenters. The number of rotatable bonds is 5. The van der Waals surface area contributed by atoms with E-state index in [4.69, 9.17) is 11.6 Å². The number of nitrogens with one attached hydrogen (secondary N) is 1. The second-order valence-corrected chi connectivity index (χ2v) is 8.12. The molecule has 1 heterocycles. The Kier molecular flexibility index (Phi) is 5.25. The van der Waals surface area contributed by atoms with E-state index in [2.05, 4.69) is 10.4 Å². The number of carbonyl (C=O) groups excluding carboxylic acids is 2. The van der Waals surface area contributed by atoms with Crippen LogP contribution in [0.15, 0.2) is 78.9 Å². The Morgan fingerprint density at radius 3 is 2.42 bits per heavy atom. The van der Waals surface area contributed by atoms with Crippen LogP contribution in [0.5, 0.6) is 0 Å². The number of nitrogens with zero attached hydrogens (tertiary/aromatic N) is 3. The van der Waals surface area contributed by atoms with Gasteiger partial charge in [0.1, 0.15) is 5.69 Å². The van der Waals surface area contributed by atoms with Crippen molar-refractivity contribution in [3.8, 4) is 23.0 Å². The van der Waals surface area contributed by atoms with Gasteiger partial charge >= 0.3 is 0 Å². The Balaban J connectivity index is 1.54. The zero-order valence-electron chi connectivity index (χ0n) is 17.3. The number of halogens is 1. The second kappa shape index (κ2) is 8.38. The van der Waals surface area contributed by atoms with Crippen LogP contribution in [0, 0.1) is 17.2 Å². The van der Waals surface area contributed by atoms with Crippen LogP contribution in [0.2, 0.25) is 5.02 Å². The maximum Gasteiger partial charge on any atom is 0.249 e. The number of anilines is 1. The SMILES string of the molecule is N#CC(C(=O)Nc1ccc(Cl)cc1)C(=O)c1nn(-c2ccccc2)c2c1Cc1ccccc1-2. The molecule has 5 rings (SSSR count). The predicted octanol–water partition coefficient (Wildman–Crippen LogP) is 5.06. The highest BCUT2D eigenvalue weighted by Gasteiger charge is 2.36. The van der Waals surface area contributed by atoms with E-state index >= 15 is 0 Å². The van der Waals surface area contributed by atoms with Crippen LogP contribution < -0.4 is 5.32 Å². The Hall–Kier alpha value is -4.21. The van der Waals surface area contributed by atoms with Gasteiger partial charge in [-0.3, -0.25) is 9.59 Å². The Bertz CT molecular complexity index is 1420. The quantitative estimate of drug-likeness (QED) is 0.298. The number of Topliss-reactive ketones (excluding diaryl/α,β-unsaturated/α-hetero) is 1. The topological polar surface area (TPSA) is 87.8 Å². The lowest BCUT2D eigenvalue weighted by atomic mass is 9.98. The Morgan fingerprint density at radius 2 is 1.70 bits per heavy atom. The number of nitriles is 1. The van der Waals surface area contributed by atoms with Crippen LogP contribution in [0.4, 0.5) is 5.69 Å². The van der Waals surface area contributed by atoms with Gasteiger partial charge in [0.15, 0.2) is 5.92 Å². The van der Waals surface area contributed by atoms with Crippen molar-refractivity contribution >= 4 is 29.0 Å². The van der Waals surface area contributed by atoms with Crippen molar-refractivity contribution in [2.24, 2.45) is 5.92 Å². The molecule has 0 saturated heterocycles. The normalized spacial score (nSPS) is 12.4. The van der Waals surface area contributed by atoms with Crippen LogP contribution >= 0.6 is 11.6 Å². The summed E-state index contributed by atoms with van der Waals surface area (Å²) in [6.45, 7) is 0. The number of ketones is 1. The van der Waals surface area contributed by atoms with Gasteiger partial charge in [0.25, 0.3) is 0 Å². The Morgan fingerprint density at radius 1 is 1.00 bits per heavy atom. The number of hydrogen-bond donors (Lipinski definition) is 1. The zero-order chi connectivity index (χ0) is 22.9. The van der Waals surface area contributed by atoms with Gasteiger partial charge in [-0.1, -0.05) is 54.1 Å². The molecule has 3 aromatic carbocycles. The molecule has 1 aliphatic carbocycles. The van der Waals surface area contributed by atoms with Crippen molar-refractivity contribution < 1.29 is 9.59 Å². The molecule has 6 nitrogen and oxygen atoms in total. The molecule has 1 aromatic heterocycles. The van der Waals surface area contributed by atoms with Crippen LogP contribution in [0.1, 0.15) is 21.6 Å². The highest BCUT2D eigenvalue weighted by molar-refractivity contribution is 6.30. The minimum atomic E-state index is -1.53. The summed E-state index contributed by atoms with van der Waals surface area (Å²) in [4.78, 5) is 26.3. The highest BCUT2D eigenvalue weighted by atomic mass is 35.5. The van der Waals surface area contributed by atoms with Crippen LogP contribution in [0.25, 0.3) is 16.9 Å². The molecule has 1 aliphatic rings. The number of hydrogen-bond acceptors (Lipinski definition) is 4. The van der Waals surface area contributed by atoms with E-state index in [-0.39, 0.29) is 5.69 Å². The van der Waals surface area contributed by atoms with Gasteiger partial charge in [0.2, 0.25) is 11.7 Å². The summed E-state index contributed by atoms with van der Waals surface area (Å²) in [5, 5.41) is 17.4. The monoisotopic (exact) mass is 452 g/mol. The third-order valence-corrected chi connectivity index (χ3v) is 5.87. The second-order valence-electron chi connectivity index (χ2n) is 7.68. The van der Waals surface area contributed by atoms with Crippen LogP contribution in [-0.2, 0) is 11.2 Å². The lowest BCUT2D eigenvalue weighted by Crippen LogP contribution is -2.29. The predicted molar refractivity (Wildman–Crippen MR) is 125 cm³/mol. The molecule has 0 aliphatic heterocycles. The maximum absolute atomic E-state index is 13.4. The van der Waals surface area contributed by atoms with E-state index in [0.29, 0.717) is 17.1 Å². The molecule has 0 saturated carbocycles. The highest BCUT2D eigenvalue weighted by Crippen LogP contribution is 2.40. The molecule has 0 radical (unpaired) electrons. The first-order chi connectivity index (χ1) is 16.1. The molecule has 4 aromatic rings. The fraction of sp³-hybridized carbons (Fsp3) is 0.0769. The molecule has 1 amide bonds. The lowest BCUT2D eigenvalue weighted by Gasteiger charge is -2.10. The van der Waals surface area contributed by atoms with Gasteiger partial charge in [0.05, 0.1) is 17.5 Å². The van der Waals surface area contributed by atoms with Gasteiger partial charge in [-0.25, -0.2) is 4.68 Å². The summed E-state index contributed by atoms with van der Waals surface area (Å²) >= 11 is 5.88. The van der Waals surface area contributed by atoms with Crippen molar-refractivity contribution in [2.45, 2.75) is 6.42 Å². The summed E-state index contributed by atoms with van der Waals surface area (Å²) in [6.07, 6.45) is 0.510. The molecule has 7 heteroatoms. The molecule has 0 bridgehead atoms. The smallest absolute Gasteiger partial charge is 0.249 e. The van der Waals surface area contributed by atoms with Crippen molar-refractivity contribution in [3.05, 3.63) is 101 Å². The summed E-state index contributed by atoms with van der Waals surface area (Å²) < 4.78 is 1.72. The zero-order valence-corrected chi connectivity index (χ0v) is 18.1. The fourth-order valence-electron chi connectivity index (χ4n) is 4.07. The standard InChI is InChI=1S/C26H17ClN4O2/c27-17-10-12-18(13-11-17)29-26(33)22(15-28)25(32)23-21-14-16-6-4-5-9-20(16)24(21)31(30-23)19-7-2-1-3-8-19/h1-13,22H,14H2,(H,29,33). The number of aromatic nitrogens is 2. The lowest BCUT2D eigenvalue weighted by molar-refractivity contribution is -0.117. The van der Waals surface area contributed by atoms with E-state index in [1.165, 1.54) is 0 Å². The number of amides is 1. The summed E-state index contributed by atoms with van der Waals surface area (Å²) in [7, 11) is 0. The van der Waals surface area contributed by atoms with Crippen molar-refractivity contribution in [3.63, 3.8) is 0 Å². The van der Waals surface area contributed by atoms with E-state index in [9.17, 15) is 14.9 Å². The summed E-state index contributed by atoms with van der Waals surface area (Å²) in [5.41, 5.74) is 4.99. The van der Waals surface area contributed by atoms with Gasteiger partial charge in [-0.05, 0) is 42.0 Å². The molecule has 33 heavy (non-hydrogen) atoms. The summed E-state index contributed by atoms with van der Waals surface area (Å²) in [6, 6.07) is 25.7. The fourth-order valence-corrected chi connectivity index (χ4v) is 4.19. The van der Waals surface area contributed by atoms with Crippen LogP contribution in [-0.4, -0.2) is 21.5 Å². The minimum absolute atomic E-state index is 0.142. The van der Waals surface area contributed by atoms with E-state index in [1.807, 2.05) is 60.7 Å². The van der Waals surface area contributed by atoms with Gasteiger partial charge in [-0.15, -0.1) is 0 Å².